The highest BCUT2D eigenvalue weighted by Gasteiger charge is 1.96. The summed E-state index contributed by atoms with van der Waals surface area (Å²) < 4.78 is 1.09. The smallest absolute Gasteiger partial charge is 0.179 e. The van der Waals surface area contributed by atoms with Crippen molar-refractivity contribution < 1.29 is 0 Å². The van der Waals surface area contributed by atoms with Gasteiger partial charge in [0.1, 0.15) is 0 Å². The molecule has 68 valence electrons. The van der Waals surface area contributed by atoms with Gasteiger partial charge >= 0.3 is 0 Å². The van der Waals surface area contributed by atoms with Crippen LogP contribution < -0.4 is 0 Å². The molecule has 13 heavy (non-hydrogen) atoms. The van der Waals surface area contributed by atoms with E-state index in [1.807, 2.05) is 12.1 Å². The molecule has 0 heterocycles. The summed E-state index contributed by atoms with van der Waals surface area (Å²) in [4.78, 5) is 1.63. The van der Waals surface area contributed by atoms with Crippen LogP contribution in [-0.4, -0.2) is 18.5 Å². The number of nitrogens with zero attached hydrogens (tertiary/aromatic N) is 2. The van der Waals surface area contributed by atoms with Crippen molar-refractivity contribution >= 4 is 15.9 Å². The van der Waals surface area contributed by atoms with Crippen LogP contribution in [0.3, 0.4) is 0 Å². The Hall–Kier alpha value is -1.01. The molecule has 0 saturated carbocycles. The van der Waals surface area contributed by atoms with Gasteiger partial charge < -0.3 is 4.90 Å². The molecule has 0 amide bonds. The third-order valence-corrected chi connectivity index (χ3v) is 2.29. The standard InChI is InChI=1S/C10H11BrN2/c1-13(8-12)6-5-9-3-2-4-10(11)7-9/h2-4,7H,5-6H2,1H3. The van der Waals surface area contributed by atoms with Gasteiger partial charge in [-0.25, -0.2) is 0 Å². The largest absolute Gasteiger partial charge is 0.313 e. The van der Waals surface area contributed by atoms with Crippen LogP contribution in [0.1, 0.15) is 5.56 Å². The van der Waals surface area contributed by atoms with Crippen molar-refractivity contribution in [1.29, 1.82) is 5.26 Å². The van der Waals surface area contributed by atoms with Crippen LogP contribution >= 0.6 is 15.9 Å². The van der Waals surface area contributed by atoms with Gasteiger partial charge in [0.05, 0.1) is 0 Å². The fourth-order valence-corrected chi connectivity index (χ4v) is 1.49. The zero-order chi connectivity index (χ0) is 9.68. The lowest BCUT2D eigenvalue weighted by atomic mass is 10.1. The third kappa shape index (κ3) is 3.47. The maximum absolute atomic E-state index is 8.53. The first-order valence-corrected chi connectivity index (χ1v) is 4.87. The van der Waals surface area contributed by atoms with Crippen molar-refractivity contribution in [3.63, 3.8) is 0 Å². The van der Waals surface area contributed by atoms with Gasteiger partial charge in [0.15, 0.2) is 6.19 Å². The van der Waals surface area contributed by atoms with E-state index in [9.17, 15) is 0 Å². The van der Waals surface area contributed by atoms with Crippen molar-refractivity contribution in [2.24, 2.45) is 0 Å². The van der Waals surface area contributed by atoms with Gasteiger partial charge in [-0.3, -0.25) is 0 Å². The molecule has 0 spiro atoms. The summed E-state index contributed by atoms with van der Waals surface area (Å²) in [6.45, 7) is 0.771. The van der Waals surface area contributed by atoms with E-state index in [1.165, 1.54) is 5.56 Å². The van der Waals surface area contributed by atoms with Crippen LogP contribution in [-0.2, 0) is 6.42 Å². The minimum absolute atomic E-state index is 0.771. The maximum Gasteiger partial charge on any atom is 0.179 e. The summed E-state index contributed by atoms with van der Waals surface area (Å²) in [5.74, 6) is 0. The highest BCUT2D eigenvalue weighted by atomic mass is 79.9. The monoisotopic (exact) mass is 238 g/mol. The van der Waals surface area contributed by atoms with Crippen molar-refractivity contribution in [2.75, 3.05) is 13.6 Å². The molecule has 1 aromatic carbocycles. The van der Waals surface area contributed by atoms with Gasteiger partial charge in [-0.2, -0.15) is 5.26 Å². The molecule has 0 aliphatic rings. The molecule has 0 bridgehead atoms. The van der Waals surface area contributed by atoms with E-state index in [2.05, 4.69) is 34.3 Å². The number of hydrogen-bond acceptors (Lipinski definition) is 2. The van der Waals surface area contributed by atoms with Crippen LogP contribution in [0.5, 0.6) is 0 Å². The Bertz CT molecular complexity index is 317. The summed E-state index contributed by atoms with van der Waals surface area (Å²) in [6.07, 6.45) is 2.98. The molecule has 0 aromatic heterocycles. The Labute approximate surface area is 86.9 Å². The molecule has 0 radical (unpaired) electrons. The number of likely N-dealkylation sites (N-methyl/N-ethyl adjacent to an activating group) is 1. The number of hydrogen-bond donors (Lipinski definition) is 0. The van der Waals surface area contributed by atoms with E-state index >= 15 is 0 Å². The first-order valence-electron chi connectivity index (χ1n) is 4.07. The Morgan fingerprint density at radius 2 is 2.31 bits per heavy atom. The second-order valence-corrected chi connectivity index (χ2v) is 3.82. The molecular formula is C10H11BrN2. The van der Waals surface area contributed by atoms with Crippen molar-refractivity contribution in [1.82, 2.24) is 4.90 Å². The molecular weight excluding hydrogens is 228 g/mol. The lowest BCUT2D eigenvalue weighted by Crippen LogP contribution is -2.14. The van der Waals surface area contributed by atoms with Gasteiger partial charge in [0.2, 0.25) is 0 Å². The fourth-order valence-electron chi connectivity index (χ4n) is 1.04. The summed E-state index contributed by atoms with van der Waals surface area (Å²) in [5, 5.41) is 8.53. The van der Waals surface area contributed by atoms with E-state index in [-0.39, 0.29) is 0 Å². The van der Waals surface area contributed by atoms with Crippen molar-refractivity contribution in [3.05, 3.63) is 34.3 Å². The predicted molar refractivity (Wildman–Crippen MR) is 56.1 cm³/mol. The van der Waals surface area contributed by atoms with Crippen LogP contribution in [0, 0.1) is 11.5 Å². The van der Waals surface area contributed by atoms with E-state index in [1.54, 1.807) is 11.9 Å². The topological polar surface area (TPSA) is 27.0 Å². The first-order chi connectivity index (χ1) is 6.22. The van der Waals surface area contributed by atoms with Gasteiger partial charge in [0.25, 0.3) is 0 Å². The van der Waals surface area contributed by atoms with E-state index < -0.39 is 0 Å². The summed E-state index contributed by atoms with van der Waals surface area (Å²) in [5.41, 5.74) is 1.25. The van der Waals surface area contributed by atoms with Crippen LogP contribution in [0.2, 0.25) is 0 Å². The average molecular weight is 239 g/mol. The number of nitriles is 1. The summed E-state index contributed by atoms with van der Waals surface area (Å²) >= 11 is 3.41. The molecule has 0 aliphatic carbocycles. The van der Waals surface area contributed by atoms with Gasteiger partial charge in [0, 0.05) is 18.1 Å². The number of benzene rings is 1. The Morgan fingerprint density at radius 1 is 1.54 bits per heavy atom. The zero-order valence-electron chi connectivity index (χ0n) is 7.50. The molecule has 0 aliphatic heterocycles. The van der Waals surface area contributed by atoms with Crippen LogP contribution in [0.15, 0.2) is 28.7 Å². The number of halogens is 1. The average Bonchev–Trinajstić information content (AvgIpc) is 2.14. The first kappa shape index (κ1) is 10.1. The third-order valence-electron chi connectivity index (χ3n) is 1.80. The summed E-state index contributed by atoms with van der Waals surface area (Å²) in [7, 11) is 1.79. The van der Waals surface area contributed by atoms with E-state index in [4.69, 9.17) is 5.26 Å². The molecule has 3 heteroatoms. The van der Waals surface area contributed by atoms with Crippen molar-refractivity contribution in [3.8, 4) is 6.19 Å². The van der Waals surface area contributed by atoms with Crippen LogP contribution in [0.25, 0.3) is 0 Å². The second kappa shape index (κ2) is 4.88. The Morgan fingerprint density at radius 3 is 2.92 bits per heavy atom. The maximum atomic E-state index is 8.53. The van der Waals surface area contributed by atoms with Gasteiger partial charge in [-0.1, -0.05) is 28.1 Å². The van der Waals surface area contributed by atoms with E-state index in [0.29, 0.717) is 0 Å². The Balaban J connectivity index is 2.51. The zero-order valence-corrected chi connectivity index (χ0v) is 9.08. The molecule has 1 aromatic rings. The molecule has 1 rings (SSSR count). The Kier molecular flexibility index (Phi) is 3.78. The molecule has 0 atom stereocenters. The molecule has 0 saturated heterocycles. The highest BCUT2D eigenvalue weighted by Crippen LogP contribution is 2.11. The quantitative estimate of drug-likeness (QED) is 0.598. The highest BCUT2D eigenvalue weighted by molar-refractivity contribution is 9.10. The minimum atomic E-state index is 0.771. The molecule has 0 N–H and O–H groups in total. The van der Waals surface area contributed by atoms with Crippen molar-refractivity contribution in [2.45, 2.75) is 6.42 Å². The molecule has 0 fully saturated rings. The minimum Gasteiger partial charge on any atom is -0.313 e. The van der Waals surface area contributed by atoms with E-state index in [0.717, 1.165) is 17.4 Å². The van der Waals surface area contributed by atoms with Gasteiger partial charge in [-0.15, -0.1) is 0 Å². The SMILES string of the molecule is CN(C#N)CCc1cccc(Br)c1. The van der Waals surface area contributed by atoms with Crippen LogP contribution in [0.4, 0.5) is 0 Å². The molecule has 0 unspecified atom stereocenters. The normalized spacial score (nSPS) is 9.31. The second-order valence-electron chi connectivity index (χ2n) is 2.90. The summed E-state index contributed by atoms with van der Waals surface area (Å²) in [6, 6.07) is 8.14. The fraction of sp³-hybridized carbons (Fsp3) is 0.300. The van der Waals surface area contributed by atoms with Gasteiger partial charge in [-0.05, 0) is 24.1 Å². The number of rotatable bonds is 3. The predicted octanol–water partition coefficient (Wildman–Crippen LogP) is 2.40. The lowest BCUT2D eigenvalue weighted by Gasteiger charge is -2.08. The lowest BCUT2D eigenvalue weighted by molar-refractivity contribution is 0.478. The molecule has 2 nitrogen and oxygen atoms in total.